The fourth-order valence-electron chi connectivity index (χ4n) is 2.74. The zero-order chi connectivity index (χ0) is 14.2. The third kappa shape index (κ3) is 2.20. The number of aromatic nitrogens is 2. The van der Waals surface area contributed by atoms with Crippen molar-refractivity contribution in [2.45, 2.75) is 32.6 Å². The molecule has 0 aliphatic heterocycles. The summed E-state index contributed by atoms with van der Waals surface area (Å²) in [5, 5.41) is 13.1. The summed E-state index contributed by atoms with van der Waals surface area (Å²) >= 11 is 0. The molecule has 1 aliphatic rings. The van der Waals surface area contributed by atoms with Crippen LogP contribution in [0.25, 0.3) is 0 Å². The van der Waals surface area contributed by atoms with E-state index >= 15 is 0 Å². The molecule has 2 unspecified atom stereocenters. The fraction of sp³-hybridized carbons (Fsp3) is 0.438. The highest BCUT2D eigenvalue weighted by Crippen LogP contribution is 2.63. The van der Waals surface area contributed by atoms with Crippen molar-refractivity contribution in [3.05, 3.63) is 47.6 Å². The highest BCUT2D eigenvalue weighted by Gasteiger charge is 2.62. The molecule has 0 amide bonds. The lowest BCUT2D eigenvalue weighted by Gasteiger charge is -1.96. The van der Waals surface area contributed by atoms with Gasteiger partial charge in [0.25, 0.3) is 0 Å². The van der Waals surface area contributed by atoms with E-state index in [4.69, 9.17) is 9.78 Å². The Hall–Kier alpha value is -2.15. The van der Waals surface area contributed by atoms with E-state index in [1.54, 1.807) is 0 Å². The molecule has 4 nitrogen and oxygen atoms in total. The van der Waals surface area contributed by atoms with Gasteiger partial charge in [-0.15, -0.1) is 0 Å². The standard InChI is InChI=1S/C16H17N3O/c1-16(2)12(10-17)14(16)15-18-13(19-20-15)9-8-11-6-4-3-5-7-11/h3-7,12,14H,8-9H2,1-2H3. The maximum atomic E-state index is 9.09. The maximum Gasteiger partial charge on any atom is 0.231 e. The van der Waals surface area contributed by atoms with Crippen LogP contribution in [0.2, 0.25) is 0 Å². The predicted octanol–water partition coefficient (Wildman–Crippen LogP) is 3.12. The molecule has 0 saturated heterocycles. The number of nitriles is 1. The van der Waals surface area contributed by atoms with Crippen LogP contribution in [0, 0.1) is 22.7 Å². The second-order valence-corrected chi connectivity index (χ2v) is 5.94. The fourth-order valence-corrected chi connectivity index (χ4v) is 2.74. The van der Waals surface area contributed by atoms with Crippen LogP contribution in [0.5, 0.6) is 0 Å². The quantitative estimate of drug-likeness (QED) is 0.853. The van der Waals surface area contributed by atoms with Crippen LogP contribution in [0.3, 0.4) is 0 Å². The normalized spacial score (nSPS) is 23.2. The Morgan fingerprint density at radius 3 is 2.65 bits per heavy atom. The first kappa shape index (κ1) is 12.9. The SMILES string of the molecule is CC1(C)C(C#N)C1c1nc(CCc2ccccc2)no1. The van der Waals surface area contributed by atoms with Crippen LogP contribution in [0.4, 0.5) is 0 Å². The van der Waals surface area contributed by atoms with Crippen molar-refractivity contribution in [3.63, 3.8) is 0 Å². The Morgan fingerprint density at radius 1 is 1.25 bits per heavy atom. The average molecular weight is 267 g/mol. The first-order valence-electron chi connectivity index (χ1n) is 6.89. The molecule has 1 aromatic heterocycles. The number of hydrogen-bond acceptors (Lipinski definition) is 4. The minimum absolute atomic E-state index is 0.00933. The van der Waals surface area contributed by atoms with Gasteiger partial charge >= 0.3 is 0 Å². The Balaban J connectivity index is 1.65. The van der Waals surface area contributed by atoms with Crippen molar-refractivity contribution in [2.75, 3.05) is 0 Å². The van der Waals surface area contributed by atoms with Gasteiger partial charge < -0.3 is 4.52 Å². The summed E-state index contributed by atoms with van der Waals surface area (Å²) < 4.78 is 5.33. The van der Waals surface area contributed by atoms with E-state index in [0.717, 1.165) is 18.7 Å². The molecule has 0 N–H and O–H groups in total. The smallest absolute Gasteiger partial charge is 0.231 e. The topological polar surface area (TPSA) is 62.7 Å². The lowest BCUT2D eigenvalue weighted by Crippen LogP contribution is -1.94. The second-order valence-electron chi connectivity index (χ2n) is 5.94. The molecule has 3 rings (SSSR count). The number of aryl methyl sites for hydroxylation is 2. The van der Waals surface area contributed by atoms with Gasteiger partial charge in [0.15, 0.2) is 5.82 Å². The van der Waals surface area contributed by atoms with Gasteiger partial charge in [-0.05, 0) is 17.4 Å². The summed E-state index contributed by atoms with van der Waals surface area (Å²) in [6.45, 7) is 4.14. The first-order chi connectivity index (χ1) is 9.63. The monoisotopic (exact) mass is 267 g/mol. The third-order valence-corrected chi connectivity index (χ3v) is 4.20. The molecule has 4 heteroatoms. The molecule has 0 radical (unpaired) electrons. The molecule has 1 aromatic carbocycles. The minimum atomic E-state index is -0.0437. The summed E-state index contributed by atoms with van der Waals surface area (Å²) in [5.74, 6) is 1.42. The molecule has 1 heterocycles. The number of rotatable bonds is 4. The Kier molecular flexibility index (Phi) is 3.06. The molecule has 102 valence electrons. The van der Waals surface area contributed by atoms with E-state index in [1.165, 1.54) is 5.56 Å². The van der Waals surface area contributed by atoms with Crippen LogP contribution in [-0.4, -0.2) is 10.1 Å². The van der Waals surface area contributed by atoms with Crippen LogP contribution < -0.4 is 0 Å². The van der Waals surface area contributed by atoms with Gasteiger partial charge in [-0.25, -0.2) is 0 Å². The first-order valence-corrected chi connectivity index (χ1v) is 6.89. The van der Waals surface area contributed by atoms with E-state index in [2.05, 4.69) is 42.2 Å². The second kappa shape index (κ2) is 4.75. The van der Waals surface area contributed by atoms with Crippen molar-refractivity contribution in [1.82, 2.24) is 10.1 Å². The van der Waals surface area contributed by atoms with Gasteiger partial charge in [-0.1, -0.05) is 49.3 Å². The Bertz CT molecular complexity index is 639. The van der Waals surface area contributed by atoms with E-state index in [0.29, 0.717) is 5.89 Å². The van der Waals surface area contributed by atoms with Crippen molar-refractivity contribution < 1.29 is 4.52 Å². The van der Waals surface area contributed by atoms with Gasteiger partial charge in [-0.2, -0.15) is 10.2 Å². The highest BCUT2D eigenvalue weighted by molar-refractivity contribution is 5.26. The maximum absolute atomic E-state index is 9.09. The number of hydrogen-bond donors (Lipinski definition) is 0. The van der Waals surface area contributed by atoms with E-state index in [9.17, 15) is 0 Å². The molecular weight excluding hydrogens is 250 g/mol. The minimum Gasteiger partial charge on any atom is -0.339 e. The number of nitrogens with zero attached hydrogens (tertiary/aromatic N) is 3. The predicted molar refractivity (Wildman–Crippen MR) is 73.8 cm³/mol. The summed E-state index contributed by atoms with van der Waals surface area (Å²) in [6.07, 6.45) is 1.66. The lowest BCUT2D eigenvalue weighted by molar-refractivity contribution is 0.363. The Labute approximate surface area is 118 Å². The summed E-state index contributed by atoms with van der Waals surface area (Å²) in [4.78, 5) is 4.45. The van der Waals surface area contributed by atoms with Gasteiger partial charge in [0.05, 0.1) is 17.9 Å². The van der Waals surface area contributed by atoms with Gasteiger partial charge in [-0.3, -0.25) is 0 Å². The molecule has 1 fully saturated rings. The molecule has 2 aromatic rings. The van der Waals surface area contributed by atoms with Gasteiger partial charge in [0.1, 0.15) is 0 Å². The Morgan fingerprint density at radius 2 is 2.00 bits per heavy atom. The zero-order valence-corrected chi connectivity index (χ0v) is 11.7. The largest absolute Gasteiger partial charge is 0.339 e. The van der Waals surface area contributed by atoms with Crippen LogP contribution in [-0.2, 0) is 12.8 Å². The van der Waals surface area contributed by atoms with E-state index in [-0.39, 0.29) is 17.3 Å². The van der Waals surface area contributed by atoms with Gasteiger partial charge in [0.2, 0.25) is 5.89 Å². The summed E-state index contributed by atoms with van der Waals surface area (Å²) in [7, 11) is 0. The summed E-state index contributed by atoms with van der Waals surface area (Å²) in [5.41, 5.74) is 1.22. The zero-order valence-electron chi connectivity index (χ0n) is 11.7. The molecule has 20 heavy (non-hydrogen) atoms. The number of benzene rings is 1. The van der Waals surface area contributed by atoms with Crippen molar-refractivity contribution >= 4 is 0 Å². The summed E-state index contributed by atoms with van der Waals surface area (Å²) in [6, 6.07) is 12.6. The average Bonchev–Trinajstić information content (AvgIpc) is 2.81. The van der Waals surface area contributed by atoms with Crippen molar-refractivity contribution in [2.24, 2.45) is 11.3 Å². The van der Waals surface area contributed by atoms with Crippen molar-refractivity contribution in [1.29, 1.82) is 5.26 Å². The third-order valence-electron chi connectivity index (χ3n) is 4.20. The van der Waals surface area contributed by atoms with Gasteiger partial charge in [0, 0.05) is 6.42 Å². The molecule has 2 atom stereocenters. The molecular formula is C16H17N3O. The highest BCUT2D eigenvalue weighted by atomic mass is 16.5. The molecule has 0 spiro atoms. The lowest BCUT2D eigenvalue weighted by atomic mass is 10.1. The van der Waals surface area contributed by atoms with E-state index in [1.807, 2.05) is 18.2 Å². The van der Waals surface area contributed by atoms with Crippen LogP contribution >= 0.6 is 0 Å². The molecule has 1 saturated carbocycles. The van der Waals surface area contributed by atoms with Crippen LogP contribution in [0.15, 0.2) is 34.9 Å². The van der Waals surface area contributed by atoms with Crippen LogP contribution in [0.1, 0.15) is 37.0 Å². The van der Waals surface area contributed by atoms with Crippen molar-refractivity contribution in [3.8, 4) is 6.07 Å². The van der Waals surface area contributed by atoms with E-state index < -0.39 is 0 Å². The molecule has 0 bridgehead atoms. The molecule has 1 aliphatic carbocycles.